The highest BCUT2D eigenvalue weighted by Crippen LogP contribution is 2.13. The summed E-state index contributed by atoms with van der Waals surface area (Å²) in [5, 5.41) is 0. The molecule has 88 valence electrons. The van der Waals surface area contributed by atoms with Crippen LogP contribution in [0.4, 0.5) is 0 Å². The normalized spacial score (nSPS) is 13.4. The molecule has 0 heterocycles. The van der Waals surface area contributed by atoms with Crippen molar-refractivity contribution >= 4 is 6.29 Å². The Labute approximate surface area is 94.7 Å². The molecule has 0 aromatic carbocycles. The first-order chi connectivity index (χ1) is 7.19. The van der Waals surface area contributed by atoms with Crippen molar-refractivity contribution in [2.45, 2.75) is 20.8 Å². The monoisotopic (exact) mass is 211 g/mol. The van der Waals surface area contributed by atoms with Gasteiger partial charge in [-0.15, -0.1) is 13.2 Å². The summed E-state index contributed by atoms with van der Waals surface area (Å²) < 4.78 is 0. The molecule has 0 spiro atoms. The van der Waals surface area contributed by atoms with Crippen molar-refractivity contribution in [1.82, 2.24) is 4.90 Å². The van der Waals surface area contributed by atoms with Gasteiger partial charge in [0, 0.05) is 18.4 Å². The SMILES string of the molecule is C=CC(C=O)C(C=C)CN(C)CC.CC. The Morgan fingerprint density at radius 1 is 1.27 bits per heavy atom. The number of allylic oxidation sites excluding steroid dienone is 1. The van der Waals surface area contributed by atoms with E-state index in [2.05, 4.69) is 25.0 Å². The summed E-state index contributed by atoms with van der Waals surface area (Å²) in [6, 6.07) is 0. The summed E-state index contributed by atoms with van der Waals surface area (Å²) >= 11 is 0. The Morgan fingerprint density at radius 2 is 1.80 bits per heavy atom. The van der Waals surface area contributed by atoms with Crippen molar-refractivity contribution in [3.05, 3.63) is 25.3 Å². The molecule has 0 bridgehead atoms. The molecule has 0 aromatic heterocycles. The van der Waals surface area contributed by atoms with Gasteiger partial charge in [0.05, 0.1) is 0 Å². The number of aldehydes is 1. The van der Waals surface area contributed by atoms with Crippen molar-refractivity contribution in [3.8, 4) is 0 Å². The third kappa shape index (κ3) is 7.09. The molecule has 2 heteroatoms. The first kappa shape index (κ1) is 16.5. The van der Waals surface area contributed by atoms with Crippen LogP contribution in [0.15, 0.2) is 25.3 Å². The van der Waals surface area contributed by atoms with Gasteiger partial charge in [-0.25, -0.2) is 0 Å². The van der Waals surface area contributed by atoms with E-state index in [9.17, 15) is 4.79 Å². The molecule has 0 N–H and O–H groups in total. The zero-order chi connectivity index (χ0) is 12.3. The minimum absolute atomic E-state index is 0.105. The van der Waals surface area contributed by atoms with Crippen LogP contribution in [0.25, 0.3) is 0 Å². The van der Waals surface area contributed by atoms with Crippen LogP contribution in [-0.4, -0.2) is 31.3 Å². The molecular formula is C13H25NO. The summed E-state index contributed by atoms with van der Waals surface area (Å²) in [5.74, 6) is 0.0754. The number of hydrogen-bond donors (Lipinski definition) is 0. The van der Waals surface area contributed by atoms with Gasteiger partial charge in [0.1, 0.15) is 6.29 Å². The molecule has 0 saturated heterocycles. The minimum atomic E-state index is -0.105. The van der Waals surface area contributed by atoms with Gasteiger partial charge in [0.15, 0.2) is 0 Å². The predicted molar refractivity (Wildman–Crippen MR) is 68.0 cm³/mol. The van der Waals surface area contributed by atoms with Crippen LogP contribution in [0.1, 0.15) is 20.8 Å². The van der Waals surface area contributed by atoms with E-state index >= 15 is 0 Å². The fraction of sp³-hybridized carbons (Fsp3) is 0.615. The molecule has 0 aliphatic rings. The first-order valence-electron chi connectivity index (χ1n) is 5.58. The molecule has 0 aromatic rings. The second kappa shape index (κ2) is 11.2. The van der Waals surface area contributed by atoms with E-state index in [1.807, 2.05) is 27.0 Å². The number of carbonyl (C=O) groups excluding carboxylic acids is 1. The van der Waals surface area contributed by atoms with Crippen molar-refractivity contribution in [2.24, 2.45) is 11.8 Å². The van der Waals surface area contributed by atoms with Gasteiger partial charge in [-0.3, -0.25) is 0 Å². The van der Waals surface area contributed by atoms with Gasteiger partial charge in [0.25, 0.3) is 0 Å². The zero-order valence-corrected chi connectivity index (χ0v) is 10.6. The van der Waals surface area contributed by atoms with Crippen LogP contribution < -0.4 is 0 Å². The zero-order valence-electron chi connectivity index (χ0n) is 10.6. The van der Waals surface area contributed by atoms with Crippen LogP contribution in [0.2, 0.25) is 0 Å². The van der Waals surface area contributed by atoms with E-state index < -0.39 is 0 Å². The van der Waals surface area contributed by atoms with E-state index in [0.717, 1.165) is 19.4 Å². The maximum atomic E-state index is 10.7. The summed E-state index contributed by atoms with van der Waals surface area (Å²) in [5.41, 5.74) is 0. The van der Waals surface area contributed by atoms with Crippen molar-refractivity contribution in [2.75, 3.05) is 20.1 Å². The Kier molecular flexibility index (Phi) is 12.3. The maximum Gasteiger partial charge on any atom is 0.127 e. The average Bonchev–Trinajstić information content (AvgIpc) is 2.31. The van der Waals surface area contributed by atoms with Gasteiger partial charge in [0.2, 0.25) is 0 Å². The van der Waals surface area contributed by atoms with Gasteiger partial charge >= 0.3 is 0 Å². The second-order valence-corrected chi connectivity index (χ2v) is 3.20. The van der Waals surface area contributed by atoms with Gasteiger partial charge < -0.3 is 9.69 Å². The highest BCUT2D eigenvalue weighted by atomic mass is 16.1. The third-order valence-electron chi connectivity index (χ3n) is 2.29. The lowest BCUT2D eigenvalue weighted by atomic mass is 9.93. The number of nitrogens with zero attached hydrogens (tertiary/aromatic N) is 1. The fourth-order valence-corrected chi connectivity index (χ4v) is 1.17. The number of rotatable bonds is 7. The lowest BCUT2D eigenvalue weighted by Crippen LogP contribution is -2.28. The molecule has 0 rings (SSSR count). The summed E-state index contributed by atoms with van der Waals surface area (Å²) in [6.07, 6.45) is 4.44. The second-order valence-electron chi connectivity index (χ2n) is 3.20. The van der Waals surface area contributed by atoms with Crippen LogP contribution >= 0.6 is 0 Å². The van der Waals surface area contributed by atoms with Crippen molar-refractivity contribution < 1.29 is 4.79 Å². The molecule has 0 saturated carbocycles. The quantitative estimate of drug-likeness (QED) is 0.477. The molecule has 0 amide bonds. The van der Waals surface area contributed by atoms with E-state index in [-0.39, 0.29) is 11.8 Å². The fourth-order valence-electron chi connectivity index (χ4n) is 1.17. The Bertz CT molecular complexity index is 169. The van der Waals surface area contributed by atoms with E-state index in [4.69, 9.17) is 0 Å². The molecule has 0 aliphatic carbocycles. The van der Waals surface area contributed by atoms with E-state index in [1.54, 1.807) is 6.08 Å². The predicted octanol–water partition coefficient (Wildman–Crippen LogP) is 2.77. The molecule has 2 atom stereocenters. The van der Waals surface area contributed by atoms with Crippen LogP contribution in [0.3, 0.4) is 0 Å². The smallest absolute Gasteiger partial charge is 0.127 e. The van der Waals surface area contributed by atoms with Crippen LogP contribution in [0, 0.1) is 11.8 Å². The molecule has 2 unspecified atom stereocenters. The van der Waals surface area contributed by atoms with Crippen LogP contribution in [0.5, 0.6) is 0 Å². The first-order valence-corrected chi connectivity index (χ1v) is 5.58. The molecule has 15 heavy (non-hydrogen) atoms. The topological polar surface area (TPSA) is 20.3 Å². The van der Waals surface area contributed by atoms with Crippen molar-refractivity contribution in [3.63, 3.8) is 0 Å². The number of hydrogen-bond acceptors (Lipinski definition) is 2. The van der Waals surface area contributed by atoms with E-state index in [0.29, 0.717) is 0 Å². The summed E-state index contributed by atoms with van der Waals surface area (Å²) in [4.78, 5) is 12.8. The maximum absolute atomic E-state index is 10.7. The molecule has 2 nitrogen and oxygen atoms in total. The lowest BCUT2D eigenvalue weighted by Gasteiger charge is -2.22. The third-order valence-corrected chi connectivity index (χ3v) is 2.29. The van der Waals surface area contributed by atoms with Gasteiger partial charge in [-0.2, -0.15) is 0 Å². The number of carbonyl (C=O) groups is 1. The Balaban J connectivity index is 0. The van der Waals surface area contributed by atoms with Gasteiger partial charge in [-0.1, -0.05) is 32.9 Å². The Morgan fingerprint density at radius 3 is 2.07 bits per heavy atom. The standard InChI is InChI=1S/C11H19NO.C2H6/c1-5-10(8-12(4)7-3)11(6-2)9-13;1-2/h5-6,9-11H,1-2,7-8H2,3-4H3;1-2H3. The highest BCUT2D eigenvalue weighted by Gasteiger charge is 2.15. The average molecular weight is 211 g/mol. The minimum Gasteiger partial charge on any atom is -0.306 e. The molecular weight excluding hydrogens is 186 g/mol. The Hall–Kier alpha value is -0.890. The highest BCUT2D eigenvalue weighted by molar-refractivity contribution is 5.57. The lowest BCUT2D eigenvalue weighted by molar-refractivity contribution is -0.110. The molecule has 0 aliphatic heterocycles. The molecule has 0 radical (unpaired) electrons. The summed E-state index contributed by atoms with van der Waals surface area (Å²) in [6.45, 7) is 15.3. The van der Waals surface area contributed by atoms with Crippen molar-refractivity contribution in [1.29, 1.82) is 0 Å². The van der Waals surface area contributed by atoms with Crippen LogP contribution in [-0.2, 0) is 4.79 Å². The summed E-state index contributed by atoms with van der Waals surface area (Å²) in [7, 11) is 2.03. The molecule has 0 fully saturated rings. The largest absolute Gasteiger partial charge is 0.306 e. The van der Waals surface area contributed by atoms with E-state index in [1.165, 1.54) is 0 Å². The van der Waals surface area contributed by atoms with Gasteiger partial charge in [-0.05, 0) is 13.6 Å².